The minimum absolute atomic E-state index is 0.318. The van der Waals surface area contributed by atoms with E-state index in [-0.39, 0.29) is 0 Å². The first-order chi connectivity index (χ1) is 12.2. The molecule has 2 heteroatoms. The molecule has 0 saturated carbocycles. The van der Waals surface area contributed by atoms with Gasteiger partial charge in [-0.1, -0.05) is 72.3 Å². The third kappa shape index (κ3) is 5.20. The van der Waals surface area contributed by atoms with E-state index in [1.54, 1.807) is 0 Å². The van der Waals surface area contributed by atoms with E-state index in [9.17, 15) is 0 Å². The van der Waals surface area contributed by atoms with Gasteiger partial charge in [0.25, 0.3) is 0 Å². The fourth-order valence-corrected chi connectivity index (χ4v) is 2.73. The molecule has 0 aliphatic heterocycles. The summed E-state index contributed by atoms with van der Waals surface area (Å²) in [5, 5.41) is 3.57. The smallest absolute Gasteiger partial charge is 0.120 e. The highest BCUT2D eigenvalue weighted by molar-refractivity contribution is 5.29. The second kappa shape index (κ2) is 8.50. The van der Waals surface area contributed by atoms with Crippen molar-refractivity contribution in [1.82, 2.24) is 5.32 Å². The Kier molecular flexibility index (Phi) is 5.86. The van der Waals surface area contributed by atoms with Crippen LogP contribution in [0.4, 0.5) is 0 Å². The van der Waals surface area contributed by atoms with Gasteiger partial charge in [-0.15, -0.1) is 0 Å². The molecule has 0 aliphatic carbocycles. The van der Waals surface area contributed by atoms with Gasteiger partial charge in [-0.25, -0.2) is 0 Å². The maximum Gasteiger partial charge on any atom is 0.120 e. The zero-order chi connectivity index (χ0) is 17.5. The lowest BCUT2D eigenvalue weighted by Gasteiger charge is -2.15. The topological polar surface area (TPSA) is 21.3 Å². The first-order valence-electron chi connectivity index (χ1n) is 8.76. The summed E-state index contributed by atoms with van der Waals surface area (Å²) in [6.45, 7) is 5.69. The second-order valence-electron chi connectivity index (χ2n) is 6.43. The Morgan fingerprint density at radius 3 is 2.36 bits per heavy atom. The molecule has 0 aliphatic rings. The van der Waals surface area contributed by atoms with E-state index in [4.69, 9.17) is 4.74 Å². The highest BCUT2D eigenvalue weighted by Gasteiger charge is 2.04. The molecule has 1 N–H and O–H groups in total. The molecule has 0 heterocycles. The summed E-state index contributed by atoms with van der Waals surface area (Å²) < 4.78 is 5.94. The van der Waals surface area contributed by atoms with E-state index in [1.165, 1.54) is 22.3 Å². The number of benzene rings is 3. The molecule has 128 valence electrons. The Morgan fingerprint density at radius 2 is 1.60 bits per heavy atom. The monoisotopic (exact) mass is 331 g/mol. The first kappa shape index (κ1) is 17.2. The van der Waals surface area contributed by atoms with Crippen molar-refractivity contribution in [3.8, 4) is 5.75 Å². The van der Waals surface area contributed by atoms with Crippen molar-refractivity contribution in [3.63, 3.8) is 0 Å². The van der Waals surface area contributed by atoms with Crippen LogP contribution < -0.4 is 10.1 Å². The highest BCUT2D eigenvalue weighted by atomic mass is 16.5. The molecule has 0 spiro atoms. The summed E-state index contributed by atoms with van der Waals surface area (Å²) in [6, 6.07) is 27.6. The van der Waals surface area contributed by atoms with Crippen LogP contribution in [0.2, 0.25) is 0 Å². The van der Waals surface area contributed by atoms with Crippen molar-refractivity contribution in [1.29, 1.82) is 0 Å². The van der Waals surface area contributed by atoms with Crippen LogP contribution in [-0.4, -0.2) is 0 Å². The second-order valence-corrected chi connectivity index (χ2v) is 6.43. The highest BCUT2D eigenvalue weighted by Crippen LogP contribution is 2.17. The summed E-state index contributed by atoms with van der Waals surface area (Å²) in [6.07, 6.45) is 0. The zero-order valence-electron chi connectivity index (χ0n) is 14.9. The Labute approximate surface area is 150 Å². The van der Waals surface area contributed by atoms with Gasteiger partial charge in [-0.05, 0) is 42.7 Å². The molecule has 0 bridgehead atoms. The molecule has 25 heavy (non-hydrogen) atoms. The van der Waals surface area contributed by atoms with Crippen LogP contribution in [0.3, 0.4) is 0 Å². The van der Waals surface area contributed by atoms with Crippen molar-refractivity contribution >= 4 is 0 Å². The number of aryl methyl sites for hydroxylation is 1. The van der Waals surface area contributed by atoms with Crippen molar-refractivity contribution in [2.75, 3.05) is 0 Å². The van der Waals surface area contributed by atoms with Crippen molar-refractivity contribution < 1.29 is 4.74 Å². The summed E-state index contributed by atoms with van der Waals surface area (Å²) >= 11 is 0. The van der Waals surface area contributed by atoms with Crippen molar-refractivity contribution in [2.45, 2.75) is 33.0 Å². The van der Waals surface area contributed by atoms with Gasteiger partial charge in [0.05, 0.1) is 0 Å². The van der Waals surface area contributed by atoms with Crippen molar-refractivity contribution in [3.05, 3.63) is 101 Å². The van der Waals surface area contributed by atoms with Crippen LogP contribution in [0.1, 0.15) is 35.2 Å². The molecule has 0 amide bonds. The molecule has 3 rings (SSSR count). The van der Waals surface area contributed by atoms with E-state index in [2.05, 4.69) is 85.9 Å². The predicted octanol–water partition coefficient (Wildman–Crippen LogP) is 5.42. The Hall–Kier alpha value is -2.58. The third-order valence-corrected chi connectivity index (χ3v) is 4.34. The van der Waals surface area contributed by atoms with E-state index in [0.29, 0.717) is 12.6 Å². The van der Waals surface area contributed by atoms with Gasteiger partial charge in [0.2, 0.25) is 0 Å². The zero-order valence-corrected chi connectivity index (χ0v) is 14.9. The normalized spacial score (nSPS) is 11.9. The van der Waals surface area contributed by atoms with Gasteiger partial charge in [-0.2, -0.15) is 0 Å². The summed E-state index contributed by atoms with van der Waals surface area (Å²) in [5.74, 6) is 0.909. The molecule has 0 radical (unpaired) electrons. The van der Waals surface area contributed by atoms with Gasteiger partial charge in [0, 0.05) is 12.6 Å². The van der Waals surface area contributed by atoms with Gasteiger partial charge >= 0.3 is 0 Å². The fraction of sp³-hybridized carbons (Fsp3) is 0.217. The van der Waals surface area contributed by atoms with Gasteiger partial charge in [0.1, 0.15) is 12.4 Å². The first-order valence-corrected chi connectivity index (χ1v) is 8.76. The fourth-order valence-electron chi connectivity index (χ4n) is 2.73. The minimum atomic E-state index is 0.318. The van der Waals surface area contributed by atoms with Gasteiger partial charge in [0.15, 0.2) is 0 Å². The van der Waals surface area contributed by atoms with Crippen LogP contribution in [0.15, 0.2) is 78.9 Å². The molecule has 0 unspecified atom stereocenters. The van der Waals surface area contributed by atoms with Crippen molar-refractivity contribution in [2.24, 2.45) is 0 Å². The van der Waals surface area contributed by atoms with Crippen LogP contribution in [0, 0.1) is 6.92 Å². The van der Waals surface area contributed by atoms with E-state index in [0.717, 1.165) is 12.3 Å². The maximum atomic E-state index is 5.94. The molecule has 0 fully saturated rings. The molecule has 3 aromatic rings. The number of hydrogen-bond acceptors (Lipinski definition) is 2. The van der Waals surface area contributed by atoms with Crippen LogP contribution in [0.5, 0.6) is 5.75 Å². The van der Waals surface area contributed by atoms with Gasteiger partial charge in [-0.3, -0.25) is 0 Å². The van der Waals surface area contributed by atoms with E-state index in [1.807, 2.05) is 12.1 Å². The van der Waals surface area contributed by atoms with Gasteiger partial charge < -0.3 is 10.1 Å². The van der Waals surface area contributed by atoms with E-state index < -0.39 is 0 Å². The van der Waals surface area contributed by atoms with Crippen LogP contribution >= 0.6 is 0 Å². The average molecular weight is 331 g/mol. The van der Waals surface area contributed by atoms with Crippen LogP contribution in [0.25, 0.3) is 0 Å². The molecular weight excluding hydrogens is 306 g/mol. The largest absolute Gasteiger partial charge is 0.489 e. The van der Waals surface area contributed by atoms with Crippen LogP contribution in [-0.2, 0) is 13.2 Å². The van der Waals surface area contributed by atoms with E-state index >= 15 is 0 Å². The molecular formula is C23H25NO. The molecule has 3 aromatic carbocycles. The number of nitrogens with one attached hydrogen (secondary N) is 1. The quantitative estimate of drug-likeness (QED) is 0.624. The number of rotatable bonds is 7. The Morgan fingerprint density at radius 1 is 0.840 bits per heavy atom. The SMILES string of the molecule is Cc1ccc(COc2cccc(CN[C@@H](C)c3ccccc3)c2)cc1. The lowest BCUT2D eigenvalue weighted by Crippen LogP contribution is -2.17. The molecule has 0 aromatic heterocycles. The minimum Gasteiger partial charge on any atom is -0.489 e. The average Bonchev–Trinajstić information content (AvgIpc) is 2.67. The molecule has 0 saturated heterocycles. The standard InChI is InChI=1S/C23H25NO/c1-18-11-13-20(14-12-18)17-25-23-10-6-7-21(15-23)16-24-19(2)22-8-4-3-5-9-22/h3-15,19,24H,16-17H2,1-2H3/t19-/m0/s1. The predicted molar refractivity (Wildman–Crippen MR) is 104 cm³/mol. The molecule has 2 nitrogen and oxygen atoms in total. The summed E-state index contributed by atoms with van der Waals surface area (Å²) in [4.78, 5) is 0. The lowest BCUT2D eigenvalue weighted by atomic mass is 10.1. The third-order valence-electron chi connectivity index (χ3n) is 4.34. The maximum absolute atomic E-state index is 5.94. The number of hydrogen-bond donors (Lipinski definition) is 1. The Bertz CT molecular complexity index is 781. The molecule has 1 atom stereocenters. The lowest BCUT2D eigenvalue weighted by molar-refractivity contribution is 0.306. The summed E-state index contributed by atoms with van der Waals surface area (Å²) in [5.41, 5.74) is 4.98. The summed E-state index contributed by atoms with van der Waals surface area (Å²) in [7, 11) is 0. The number of ether oxygens (including phenoxy) is 1. The Balaban J connectivity index is 1.55.